The van der Waals surface area contributed by atoms with Crippen LogP contribution in [0, 0.1) is 10.1 Å². The Labute approximate surface area is 76.5 Å². The normalized spacial score (nSPS) is 11.7. The van der Waals surface area contributed by atoms with Crippen LogP contribution in [0.15, 0.2) is 6.20 Å². The average molecular weight is 183 g/mol. The number of rotatable bonds is 1. The van der Waals surface area contributed by atoms with Gasteiger partial charge in [-0.1, -0.05) is 20.8 Å². The van der Waals surface area contributed by atoms with Crippen molar-refractivity contribution in [2.45, 2.75) is 26.2 Å². The van der Waals surface area contributed by atoms with E-state index in [2.05, 4.69) is 5.10 Å². The number of hydrogen-bond donors (Lipinski definition) is 0. The molecule has 1 aromatic heterocycles. The van der Waals surface area contributed by atoms with Gasteiger partial charge in [-0.05, 0) is 0 Å². The number of nitrogens with zero attached hydrogens (tertiary/aromatic N) is 3. The quantitative estimate of drug-likeness (QED) is 0.491. The number of hydrogen-bond acceptors (Lipinski definition) is 3. The fourth-order valence-corrected chi connectivity index (χ4v) is 1.43. The minimum absolute atomic E-state index is 0.0926. The van der Waals surface area contributed by atoms with Gasteiger partial charge >= 0.3 is 5.69 Å². The molecule has 0 amide bonds. The van der Waals surface area contributed by atoms with Crippen molar-refractivity contribution in [3.63, 3.8) is 0 Å². The summed E-state index contributed by atoms with van der Waals surface area (Å²) in [5.74, 6) is 0. The molecular weight excluding hydrogens is 170 g/mol. The second-order valence-corrected chi connectivity index (χ2v) is 4.01. The Bertz CT molecular complexity index is 336. The molecule has 0 atom stereocenters. The van der Waals surface area contributed by atoms with E-state index in [9.17, 15) is 10.1 Å². The van der Waals surface area contributed by atoms with Gasteiger partial charge in [-0.15, -0.1) is 0 Å². The summed E-state index contributed by atoms with van der Waals surface area (Å²) in [5.41, 5.74) is 0.487. The largest absolute Gasteiger partial charge is 0.310 e. The molecule has 0 saturated carbocycles. The Kier molecular flexibility index (Phi) is 2.11. The topological polar surface area (TPSA) is 61.0 Å². The molecule has 5 nitrogen and oxygen atoms in total. The van der Waals surface area contributed by atoms with Crippen LogP contribution in [-0.2, 0) is 12.5 Å². The van der Waals surface area contributed by atoms with Crippen molar-refractivity contribution >= 4 is 5.69 Å². The Morgan fingerprint density at radius 1 is 1.54 bits per heavy atom. The zero-order valence-electron chi connectivity index (χ0n) is 8.24. The van der Waals surface area contributed by atoms with Crippen molar-refractivity contribution < 1.29 is 4.92 Å². The maximum absolute atomic E-state index is 10.6. The van der Waals surface area contributed by atoms with Crippen LogP contribution in [0.3, 0.4) is 0 Å². The molecular formula is C8H13N3O2. The molecule has 13 heavy (non-hydrogen) atoms. The number of aryl methyl sites for hydroxylation is 1. The molecule has 0 spiro atoms. The molecule has 0 aromatic carbocycles. The number of nitro groups is 1. The molecule has 5 heteroatoms. The summed E-state index contributed by atoms with van der Waals surface area (Å²) in [6.45, 7) is 5.78. The monoisotopic (exact) mass is 183 g/mol. The van der Waals surface area contributed by atoms with Crippen molar-refractivity contribution in [1.29, 1.82) is 0 Å². The SMILES string of the molecule is Cn1ncc([N+](=O)[O-])c1C(C)(C)C. The smallest absolute Gasteiger partial charge is 0.265 e. The summed E-state index contributed by atoms with van der Waals surface area (Å²) in [5, 5.41) is 14.5. The van der Waals surface area contributed by atoms with E-state index >= 15 is 0 Å². The third-order valence-electron chi connectivity index (χ3n) is 1.83. The first kappa shape index (κ1) is 9.70. The molecule has 0 fully saturated rings. The highest BCUT2D eigenvalue weighted by Gasteiger charge is 2.29. The van der Waals surface area contributed by atoms with E-state index in [4.69, 9.17) is 0 Å². The van der Waals surface area contributed by atoms with E-state index in [-0.39, 0.29) is 11.1 Å². The third-order valence-corrected chi connectivity index (χ3v) is 1.83. The summed E-state index contributed by atoms with van der Waals surface area (Å²) >= 11 is 0. The first-order chi connectivity index (χ1) is 5.84. The Morgan fingerprint density at radius 2 is 2.08 bits per heavy atom. The van der Waals surface area contributed by atoms with Crippen LogP contribution < -0.4 is 0 Å². The first-order valence-corrected chi connectivity index (χ1v) is 4.01. The summed E-state index contributed by atoms with van der Waals surface area (Å²) < 4.78 is 1.55. The van der Waals surface area contributed by atoms with Crippen molar-refractivity contribution in [2.24, 2.45) is 7.05 Å². The average Bonchev–Trinajstić information content (AvgIpc) is 2.28. The van der Waals surface area contributed by atoms with E-state index in [0.717, 1.165) is 0 Å². The van der Waals surface area contributed by atoms with Gasteiger partial charge in [0.05, 0.1) is 4.92 Å². The van der Waals surface area contributed by atoms with Crippen molar-refractivity contribution in [3.8, 4) is 0 Å². The summed E-state index contributed by atoms with van der Waals surface area (Å²) in [4.78, 5) is 10.2. The van der Waals surface area contributed by atoms with Crippen LogP contribution in [-0.4, -0.2) is 14.7 Å². The van der Waals surface area contributed by atoms with Gasteiger partial charge in [-0.2, -0.15) is 5.10 Å². The van der Waals surface area contributed by atoms with E-state index < -0.39 is 4.92 Å². The zero-order valence-corrected chi connectivity index (χ0v) is 8.24. The van der Waals surface area contributed by atoms with Gasteiger partial charge in [-0.25, -0.2) is 0 Å². The van der Waals surface area contributed by atoms with E-state index in [1.165, 1.54) is 6.20 Å². The Hall–Kier alpha value is -1.39. The lowest BCUT2D eigenvalue weighted by Gasteiger charge is -2.17. The minimum atomic E-state index is -0.395. The van der Waals surface area contributed by atoms with E-state index in [0.29, 0.717) is 5.69 Å². The molecule has 0 N–H and O–H groups in total. The lowest BCUT2D eigenvalue weighted by atomic mass is 9.91. The highest BCUT2D eigenvalue weighted by Crippen LogP contribution is 2.29. The van der Waals surface area contributed by atoms with Crippen LogP contribution in [0.2, 0.25) is 0 Å². The third kappa shape index (κ3) is 1.68. The van der Waals surface area contributed by atoms with Gasteiger partial charge < -0.3 is 0 Å². The molecule has 1 heterocycles. The second kappa shape index (κ2) is 2.83. The van der Waals surface area contributed by atoms with E-state index in [1.54, 1.807) is 11.7 Å². The van der Waals surface area contributed by atoms with Gasteiger partial charge in [0.1, 0.15) is 11.9 Å². The van der Waals surface area contributed by atoms with E-state index in [1.807, 2.05) is 20.8 Å². The standard InChI is InChI=1S/C8H13N3O2/c1-8(2,3)7-6(11(12)13)5-9-10(7)4/h5H,1-4H3. The summed E-state index contributed by atoms with van der Waals surface area (Å²) in [7, 11) is 1.72. The van der Waals surface area contributed by atoms with Gasteiger partial charge in [0.25, 0.3) is 0 Å². The predicted molar refractivity (Wildman–Crippen MR) is 48.6 cm³/mol. The lowest BCUT2D eigenvalue weighted by Crippen LogP contribution is -2.18. The fraction of sp³-hybridized carbons (Fsp3) is 0.625. The fourth-order valence-electron chi connectivity index (χ4n) is 1.43. The molecule has 0 bridgehead atoms. The molecule has 0 aliphatic heterocycles. The molecule has 0 saturated heterocycles. The maximum Gasteiger partial charge on any atom is 0.310 e. The summed E-state index contributed by atoms with van der Waals surface area (Å²) in [6.07, 6.45) is 1.29. The van der Waals surface area contributed by atoms with Crippen LogP contribution in [0.5, 0.6) is 0 Å². The minimum Gasteiger partial charge on any atom is -0.265 e. The highest BCUT2D eigenvalue weighted by molar-refractivity contribution is 5.37. The summed E-state index contributed by atoms with van der Waals surface area (Å²) in [6, 6.07) is 0. The van der Waals surface area contributed by atoms with Gasteiger partial charge in [0.15, 0.2) is 0 Å². The van der Waals surface area contributed by atoms with Crippen molar-refractivity contribution in [1.82, 2.24) is 9.78 Å². The first-order valence-electron chi connectivity index (χ1n) is 4.01. The van der Waals surface area contributed by atoms with Crippen LogP contribution in [0.4, 0.5) is 5.69 Å². The van der Waals surface area contributed by atoms with Crippen molar-refractivity contribution in [2.75, 3.05) is 0 Å². The molecule has 1 rings (SSSR count). The molecule has 0 unspecified atom stereocenters. The van der Waals surface area contributed by atoms with Gasteiger partial charge in [-0.3, -0.25) is 14.8 Å². The predicted octanol–water partition coefficient (Wildman–Crippen LogP) is 1.63. The molecule has 72 valence electrons. The molecule has 0 aliphatic rings. The van der Waals surface area contributed by atoms with Gasteiger partial charge in [0, 0.05) is 12.5 Å². The van der Waals surface area contributed by atoms with Crippen LogP contribution in [0.1, 0.15) is 26.5 Å². The Balaban J connectivity index is 3.33. The second-order valence-electron chi connectivity index (χ2n) is 4.01. The highest BCUT2D eigenvalue weighted by atomic mass is 16.6. The van der Waals surface area contributed by atoms with Crippen LogP contribution in [0.25, 0.3) is 0 Å². The van der Waals surface area contributed by atoms with Gasteiger partial charge in [0.2, 0.25) is 0 Å². The lowest BCUT2D eigenvalue weighted by molar-refractivity contribution is -0.386. The van der Waals surface area contributed by atoms with Crippen LogP contribution >= 0.6 is 0 Å². The number of aromatic nitrogens is 2. The molecule has 0 aliphatic carbocycles. The zero-order chi connectivity index (χ0) is 10.2. The molecule has 0 radical (unpaired) electrons. The van der Waals surface area contributed by atoms with Crippen molar-refractivity contribution in [3.05, 3.63) is 22.0 Å². The Morgan fingerprint density at radius 3 is 2.38 bits per heavy atom. The maximum atomic E-state index is 10.6. The molecule has 1 aromatic rings.